The van der Waals surface area contributed by atoms with E-state index in [0.717, 1.165) is 27.4 Å². The Morgan fingerprint density at radius 2 is 1.46 bits per heavy atom. The largest absolute Gasteiger partial charge is 0.489 e. The average Bonchev–Trinajstić information content (AvgIpc) is 2.92. The van der Waals surface area contributed by atoms with E-state index in [2.05, 4.69) is 5.32 Å². The zero-order chi connectivity index (χ0) is 26.3. The molecule has 190 valence electrons. The molecule has 0 saturated carbocycles. The molecule has 0 saturated heterocycles. The van der Waals surface area contributed by atoms with Gasteiger partial charge in [-0.05, 0) is 73.0 Å². The maximum Gasteiger partial charge on any atom is 0.264 e. The van der Waals surface area contributed by atoms with Gasteiger partial charge in [0.1, 0.15) is 18.9 Å². The molecule has 4 rings (SSSR count). The van der Waals surface area contributed by atoms with E-state index < -0.39 is 15.9 Å². The Hall–Kier alpha value is -4.10. The number of carbonyl (C=O) groups is 1. The molecule has 1 amide bonds. The quantitative estimate of drug-likeness (QED) is 0.283. The molecule has 0 radical (unpaired) electrons. The highest BCUT2D eigenvalue weighted by Crippen LogP contribution is 2.25. The number of nitrogens with zero attached hydrogens (tertiary/aromatic N) is 1. The van der Waals surface area contributed by atoms with Crippen molar-refractivity contribution in [2.45, 2.75) is 31.8 Å². The highest BCUT2D eigenvalue weighted by atomic mass is 32.2. The summed E-state index contributed by atoms with van der Waals surface area (Å²) >= 11 is 0. The third kappa shape index (κ3) is 6.77. The molecule has 4 aromatic carbocycles. The second-order valence-corrected chi connectivity index (χ2v) is 10.6. The number of rotatable bonds is 10. The zero-order valence-electron chi connectivity index (χ0n) is 20.9. The predicted octanol–water partition coefficient (Wildman–Crippen LogP) is 5.97. The molecule has 0 spiro atoms. The van der Waals surface area contributed by atoms with Gasteiger partial charge in [-0.25, -0.2) is 8.42 Å². The van der Waals surface area contributed by atoms with Crippen molar-refractivity contribution in [3.05, 3.63) is 120 Å². The van der Waals surface area contributed by atoms with E-state index in [9.17, 15) is 13.2 Å². The number of sulfonamides is 1. The minimum atomic E-state index is -3.97. The van der Waals surface area contributed by atoms with Crippen molar-refractivity contribution >= 4 is 27.3 Å². The van der Waals surface area contributed by atoms with E-state index in [0.29, 0.717) is 23.7 Å². The van der Waals surface area contributed by atoms with E-state index >= 15 is 0 Å². The Bertz CT molecular complexity index is 1420. The van der Waals surface area contributed by atoms with Crippen LogP contribution in [0.1, 0.15) is 23.6 Å². The van der Waals surface area contributed by atoms with Crippen LogP contribution in [-0.2, 0) is 27.8 Å². The standard InChI is InChI=1S/C30H30N2O4S/c1-3-24-11-15-27(16-12-24)32(37(34,35)29-19-9-23(2)10-20-29)21-30(33)31-26-13-17-28(18-14-26)36-22-25-7-5-4-6-8-25/h4-20H,3,21-22H2,1-2H3,(H,31,33). The van der Waals surface area contributed by atoms with Crippen molar-refractivity contribution in [1.29, 1.82) is 0 Å². The fourth-order valence-corrected chi connectivity index (χ4v) is 5.18. The van der Waals surface area contributed by atoms with Gasteiger partial charge in [-0.15, -0.1) is 0 Å². The average molecular weight is 515 g/mol. The van der Waals surface area contributed by atoms with Gasteiger partial charge >= 0.3 is 0 Å². The molecule has 0 heterocycles. The smallest absolute Gasteiger partial charge is 0.264 e. The summed E-state index contributed by atoms with van der Waals surface area (Å²) in [6.45, 7) is 3.99. The van der Waals surface area contributed by atoms with Crippen LogP contribution >= 0.6 is 0 Å². The molecule has 0 bridgehead atoms. The van der Waals surface area contributed by atoms with Crippen LogP contribution in [0.3, 0.4) is 0 Å². The lowest BCUT2D eigenvalue weighted by Crippen LogP contribution is -2.38. The fraction of sp³-hybridized carbons (Fsp3) is 0.167. The number of ether oxygens (including phenoxy) is 1. The van der Waals surface area contributed by atoms with Crippen LogP contribution in [0, 0.1) is 6.92 Å². The van der Waals surface area contributed by atoms with Crippen molar-refractivity contribution in [1.82, 2.24) is 0 Å². The molecule has 0 aliphatic rings. The number of benzene rings is 4. The van der Waals surface area contributed by atoms with E-state index in [1.165, 1.54) is 0 Å². The molecule has 1 N–H and O–H groups in total. The van der Waals surface area contributed by atoms with Crippen LogP contribution in [0.15, 0.2) is 108 Å². The van der Waals surface area contributed by atoms with Crippen molar-refractivity contribution in [3.63, 3.8) is 0 Å². The van der Waals surface area contributed by atoms with Gasteiger partial charge in [0.25, 0.3) is 10.0 Å². The number of nitrogens with one attached hydrogen (secondary N) is 1. The molecule has 4 aromatic rings. The maximum atomic E-state index is 13.5. The lowest BCUT2D eigenvalue weighted by Gasteiger charge is -2.24. The van der Waals surface area contributed by atoms with Crippen LogP contribution in [0.5, 0.6) is 5.75 Å². The van der Waals surface area contributed by atoms with E-state index in [-0.39, 0.29) is 11.4 Å². The van der Waals surface area contributed by atoms with Gasteiger partial charge in [0, 0.05) is 5.69 Å². The van der Waals surface area contributed by atoms with Gasteiger partial charge in [0.2, 0.25) is 5.91 Å². The normalized spacial score (nSPS) is 11.1. The first-order valence-electron chi connectivity index (χ1n) is 12.1. The number of carbonyl (C=O) groups excluding carboxylic acids is 1. The van der Waals surface area contributed by atoms with Crippen LogP contribution < -0.4 is 14.4 Å². The first-order valence-corrected chi connectivity index (χ1v) is 13.5. The van der Waals surface area contributed by atoms with Gasteiger partial charge in [-0.1, -0.05) is 67.1 Å². The summed E-state index contributed by atoms with van der Waals surface area (Å²) in [6.07, 6.45) is 0.830. The monoisotopic (exact) mass is 514 g/mol. The molecule has 6 nitrogen and oxygen atoms in total. The molecule has 37 heavy (non-hydrogen) atoms. The van der Waals surface area contributed by atoms with Crippen molar-refractivity contribution in [2.75, 3.05) is 16.2 Å². The number of hydrogen-bond donors (Lipinski definition) is 1. The SMILES string of the molecule is CCc1ccc(N(CC(=O)Nc2ccc(OCc3ccccc3)cc2)S(=O)(=O)c2ccc(C)cc2)cc1. The summed E-state index contributed by atoms with van der Waals surface area (Å²) in [4.78, 5) is 13.1. The Balaban J connectivity index is 1.48. The molecule has 0 fully saturated rings. The Labute approximate surface area is 218 Å². The van der Waals surface area contributed by atoms with Crippen molar-refractivity contribution < 1.29 is 17.9 Å². The molecule has 0 aromatic heterocycles. The Morgan fingerprint density at radius 3 is 2.08 bits per heavy atom. The first-order chi connectivity index (χ1) is 17.8. The second kappa shape index (κ2) is 11.8. The number of amides is 1. The summed E-state index contributed by atoms with van der Waals surface area (Å²) < 4.78 is 34.0. The summed E-state index contributed by atoms with van der Waals surface area (Å²) in [7, 11) is -3.97. The Kier molecular flexibility index (Phi) is 8.25. The van der Waals surface area contributed by atoms with Crippen LogP contribution in [0.25, 0.3) is 0 Å². The van der Waals surface area contributed by atoms with Crippen LogP contribution in [0.2, 0.25) is 0 Å². The van der Waals surface area contributed by atoms with Crippen LogP contribution in [0.4, 0.5) is 11.4 Å². The number of aryl methyl sites for hydroxylation is 2. The zero-order valence-corrected chi connectivity index (χ0v) is 21.7. The highest BCUT2D eigenvalue weighted by Gasteiger charge is 2.27. The lowest BCUT2D eigenvalue weighted by molar-refractivity contribution is -0.114. The molecule has 7 heteroatoms. The third-order valence-electron chi connectivity index (χ3n) is 5.92. The number of anilines is 2. The van der Waals surface area contributed by atoms with Gasteiger partial charge in [0.05, 0.1) is 10.6 Å². The molecule has 0 atom stereocenters. The lowest BCUT2D eigenvalue weighted by atomic mass is 10.1. The van der Waals surface area contributed by atoms with Gasteiger partial charge in [0.15, 0.2) is 0 Å². The van der Waals surface area contributed by atoms with Crippen LogP contribution in [-0.4, -0.2) is 20.9 Å². The topological polar surface area (TPSA) is 75.7 Å². The van der Waals surface area contributed by atoms with Crippen molar-refractivity contribution in [3.8, 4) is 5.75 Å². The van der Waals surface area contributed by atoms with Crippen molar-refractivity contribution in [2.24, 2.45) is 0 Å². The van der Waals surface area contributed by atoms with E-state index in [1.54, 1.807) is 60.7 Å². The number of hydrogen-bond acceptors (Lipinski definition) is 4. The van der Waals surface area contributed by atoms with E-state index in [4.69, 9.17) is 4.74 Å². The van der Waals surface area contributed by atoms with E-state index in [1.807, 2.05) is 56.3 Å². The highest BCUT2D eigenvalue weighted by molar-refractivity contribution is 7.92. The predicted molar refractivity (Wildman–Crippen MR) is 147 cm³/mol. The molecule has 0 unspecified atom stereocenters. The third-order valence-corrected chi connectivity index (χ3v) is 7.70. The molecular formula is C30H30N2O4S. The summed E-state index contributed by atoms with van der Waals surface area (Å²) in [5.41, 5.74) is 4.06. The minimum absolute atomic E-state index is 0.130. The molecule has 0 aliphatic heterocycles. The summed E-state index contributed by atoms with van der Waals surface area (Å²) in [5.74, 6) is 0.217. The Morgan fingerprint density at radius 1 is 0.811 bits per heavy atom. The second-order valence-electron chi connectivity index (χ2n) is 8.69. The summed E-state index contributed by atoms with van der Waals surface area (Å²) in [5, 5.41) is 2.80. The minimum Gasteiger partial charge on any atom is -0.489 e. The van der Waals surface area contributed by atoms with Gasteiger partial charge < -0.3 is 10.1 Å². The fourth-order valence-electron chi connectivity index (χ4n) is 3.76. The molecule has 0 aliphatic carbocycles. The first kappa shape index (κ1) is 26.0. The molecular weight excluding hydrogens is 484 g/mol. The van der Waals surface area contributed by atoms with Gasteiger partial charge in [-0.2, -0.15) is 0 Å². The maximum absolute atomic E-state index is 13.5. The summed E-state index contributed by atoms with van der Waals surface area (Å²) in [6, 6.07) is 30.6. The van der Waals surface area contributed by atoms with Gasteiger partial charge in [-0.3, -0.25) is 9.10 Å².